The van der Waals surface area contributed by atoms with Crippen molar-refractivity contribution in [3.8, 4) is 0 Å². The molecule has 0 saturated carbocycles. The van der Waals surface area contributed by atoms with Crippen molar-refractivity contribution in [2.75, 3.05) is 0 Å². The van der Waals surface area contributed by atoms with Crippen LogP contribution in [0, 0.1) is 5.92 Å². The Morgan fingerprint density at radius 2 is 1.88 bits per heavy atom. The van der Waals surface area contributed by atoms with Gasteiger partial charge in [-0.25, -0.2) is 0 Å². The molecular formula is C15H21B. The van der Waals surface area contributed by atoms with Crippen LogP contribution in [0.1, 0.15) is 37.7 Å². The van der Waals surface area contributed by atoms with Crippen molar-refractivity contribution in [2.24, 2.45) is 5.92 Å². The molecule has 2 bridgehead atoms. The first-order valence-electron chi connectivity index (χ1n) is 6.96. The average Bonchev–Trinajstić information content (AvgIpc) is 2.35. The summed E-state index contributed by atoms with van der Waals surface area (Å²) in [5.74, 6) is 3.12. The van der Waals surface area contributed by atoms with E-state index in [9.17, 15) is 0 Å². The second-order valence-corrected chi connectivity index (χ2v) is 5.82. The van der Waals surface area contributed by atoms with Gasteiger partial charge in [0.25, 0.3) is 0 Å². The molecule has 1 aromatic carbocycles. The third-order valence-corrected chi connectivity index (χ3v) is 4.78. The molecule has 2 fully saturated rings. The van der Waals surface area contributed by atoms with Gasteiger partial charge < -0.3 is 0 Å². The lowest BCUT2D eigenvalue weighted by Gasteiger charge is -2.39. The maximum absolute atomic E-state index is 2.30. The molecule has 2 heterocycles. The predicted molar refractivity (Wildman–Crippen MR) is 71.4 cm³/mol. The van der Waals surface area contributed by atoms with Gasteiger partial charge in [-0.05, 0) is 17.9 Å². The summed E-state index contributed by atoms with van der Waals surface area (Å²) in [4.78, 5) is 0. The minimum Gasteiger partial charge on any atom is -0.0654 e. The highest BCUT2D eigenvalue weighted by Gasteiger charge is 2.33. The molecule has 1 heteroatoms. The van der Waals surface area contributed by atoms with Crippen molar-refractivity contribution < 1.29 is 0 Å². The molecule has 0 N–H and O–H groups in total. The number of benzene rings is 1. The minimum absolute atomic E-state index is 0.985. The predicted octanol–water partition coefficient (Wildman–Crippen LogP) is 3.84. The lowest BCUT2D eigenvalue weighted by Crippen LogP contribution is -2.30. The van der Waals surface area contributed by atoms with Crippen LogP contribution in [0.15, 0.2) is 30.3 Å². The van der Waals surface area contributed by atoms with E-state index < -0.39 is 0 Å². The first kappa shape index (κ1) is 10.4. The van der Waals surface area contributed by atoms with E-state index in [1.165, 1.54) is 45.8 Å². The van der Waals surface area contributed by atoms with Gasteiger partial charge in [-0.15, -0.1) is 0 Å². The Bertz CT molecular complexity index is 333. The summed E-state index contributed by atoms with van der Waals surface area (Å²) in [5.41, 5.74) is 1.55. The SMILES string of the molecule is B1C2CCCC1C(Cc1ccccc1)CC2. The van der Waals surface area contributed by atoms with Gasteiger partial charge in [0.15, 0.2) is 0 Å². The highest BCUT2D eigenvalue weighted by atomic mass is 14.3. The smallest absolute Gasteiger partial charge is 0.0654 e. The van der Waals surface area contributed by atoms with Gasteiger partial charge >= 0.3 is 0 Å². The van der Waals surface area contributed by atoms with Crippen LogP contribution in [0.2, 0.25) is 11.6 Å². The zero-order chi connectivity index (χ0) is 10.8. The standard InChI is InChI=1S/C15H21B/c1-2-5-12(6-3-1)11-13-9-10-14-7-4-8-15(13)16-14/h1-3,5-6,13-16H,4,7-11H2. The molecule has 0 aromatic heterocycles. The van der Waals surface area contributed by atoms with Crippen LogP contribution in [0.4, 0.5) is 0 Å². The zero-order valence-corrected chi connectivity index (χ0v) is 10.1. The molecule has 0 nitrogen and oxygen atoms in total. The van der Waals surface area contributed by atoms with E-state index in [2.05, 4.69) is 30.3 Å². The van der Waals surface area contributed by atoms with Gasteiger partial charge in [-0.1, -0.05) is 74.1 Å². The molecule has 0 spiro atoms. The minimum atomic E-state index is 0.985. The summed E-state index contributed by atoms with van der Waals surface area (Å²) in [6.07, 6.45) is 8.86. The fourth-order valence-corrected chi connectivity index (χ4v) is 3.89. The van der Waals surface area contributed by atoms with Crippen molar-refractivity contribution in [2.45, 2.75) is 50.2 Å². The molecule has 2 saturated heterocycles. The highest BCUT2D eigenvalue weighted by Crippen LogP contribution is 2.45. The second-order valence-electron chi connectivity index (χ2n) is 5.82. The van der Waals surface area contributed by atoms with Crippen LogP contribution in [-0.4, -0.2) is 7.28 Å². The average molecular weight is 212 g/mol. The van der Waals surface area contributed by atoms with Gasteiger partial charge in [0, 0.05) is 0 Å². The fraction of sp³-hybridized carbons (Fsp3) is 0.600. The largest absolute Gasteiger partial charge is 0.127 e. The fourth-order valence-electron chi connectivity index (χ4n) is 3.89. The van der Waals surface area contributed by atoms with Gasteiger partial charge in [0.05, 0.1) is 0 Å². The maximum atomic E-state index is 2.30. The molecule has 2 aliphatic heterocycles. The number of fused-ring (bicyclic) bond motifs is 2. The van der Waals surface area contributed by atoms with Crippen molar-refractivity contribution in [3.63, 3.8) is 0 Å². The Labute approximate surface area is 99.7 Å². The highest BCUT2D eigenvalue weighted by molar-refractivity contribution is 6.40. The molecule has 3 unspecified atom stereocenters. The normalized spacial score (nSPS) is 33.1. The third-order valence-electron chi connectivity index (χ3n) is 4.78. The first-order valence-corrected chi connectivity index (χ1v) is 6.96. The summed E-state index contributed by atoms with van der Waals surface area (Å²) in [5, 5.41) is 0. The second kappa shape index (κ2) is 4.65. The summed E-state index contributed by atoms with van der Waals surface area (Å²) < 4.78 is 0. The monoisotopic (exact) mass is 212 g/mol. The van der Waals surface area contributed by atoms with Crippen LogP contribution in [0.5, 0.6) is 0 Å². The van der Waals surface area contributed by atoms with E-state index in [1.54, 1.807) is 5.56 Å². The quantitative estimate of drug-likeness (QED) is 0.653. The number of hydrogen-bond donors (Lipinski definition) is 0. The van der Waals surface area contributed by atoms with Crippen LogP contribution in [-0.2, 0) is 6.42 Å². The molecule has 84 valence electrons. The third kappa shape index (κ3) is 2.19. The summed E-state index contributed by atoms with van der Waals surface area (Å²) in [6.45, 7) is 0. The van der Waals surface area contributed by atoms with Crippen LogP contribution in [0.3, 0.4) is 0 Å². The Morgan fingerprint density at radius 3 is 2.75 bits per heavy atom. The van der Waals surface area contributed by atoms with E-state index in [4.69, 9.17) is 0 Å². The van der Waals surface area contributed by atoms with Crippen molar-refractivity contribution in [1.82, 2.24) is 0 Å². The Balaban J connectivity index is 1.66. The molecule has 16 heavy (non-hydrogen) atoms. The van der Waals surface area contributed by atoms with Crippen molar-refractivity contribution in [1.29, 1.82) is 0 Å². The van der Waals surface area contributed by atoms with Gasteiger partial charge in [0.2, 0.25) is 0 Å². The molecular weight excluding hydrogens is 191 g/mol. The van der Waals surface area contributed by atoms with E-state index in [0.717, 1.165) is 17.6 Å². The van der Waals surface area contributed by atoms with E-state index in [0.29, 0.717) is 0 Å². The van der Waals surface area contributed by atoms with E-state index in [1.807, 2.05) is 0 Å². The van der Waals surface area contributed by atoms with Crippen molar-refractivity contribution >= 4 is 7.28 Å². The molecule has 0 aliphatic carbocycles. The topological polar surface area (TPSA) is 0 Å². The Kier molecular flexibility index (Phi) is 3.03. The zero-order valence-electron chi connectivity index (χ0n) is 10.1. The van der Waals surface area contributed by atoms with Crippen LogP contribution >= 0.6 is 0 Å². The molecule has 0 amide bonds. The van der Waals surface area contributed by atoms with Crippen molar-refractivity contribution in [3.05, 3.63) is 35.9 Å². The summed E-state index contributed by atoms with van der Waals surface area (Å²) in [6, 6.07) is 11.1. The molecule has 1 aromatic rings. The number of hydrogen-bond acceptors (Lipinski definition) is 0. The first-order chi connectivity index (χ1) is 7.92. The van der Waals surface area contributed by atoms with Gasteiger partial charge in [-0.3, -0.25) is 0 Å². The van der Waals surface area contributed by atoms with E-state index in [-0.39, 0.29) is 0 Å². The van der Waals surface area contributed by atoms with Gasteiger partial charge in [0.1, 0.15) is 7.28 Å². The maximum Gasteiger partial charge on any atom is 0.127 e. The van der Waals surface area contributed by atoms with E-state index >= 15 is 0 Å². The summed E-state index contributed by atoms with van der Waals surface area (Å²) in [7, 11) is 1.54. The Morgan fingerprint density at radius 1 is 1.00 bits per heavy atom. The number of rotatable bonds is 2. The van der Waals surface area contributed by atoms with Crippen LogP contribution in [0.25, 0.3) is 0 Å². The summed E-state index contributed by atoms with van der Waals surface area (Å²) >= 11 is 0. The van der Waals surface area contributed by atoms with Gasteiger partial charge in [-0.2, -0.15) is 0 Å². The molecule has 0 radical (unpaired) electrons. The lowest BCUT2D eigenvalue weighted by molar-refractivity contribution is 0.340. The Hall–Kier alpha value is -0.715. The molecule has 2 aliphatic rings. The van der Waals surface area contributed by atoms with Crippen LogP contribution < -0.4 is 0 Å². The molecule has 3 atom stereocenters. The molecule has 3 rings (SSSR count). The lowest BCUT2D eigenvalue weighted by atomic mass is 9.41.